The van der Waals surface area contributed by atoms with Crippen molar-refractivity contribution in [3.8, 4) is 5.75 Å². The first-order valence-electron chi connectivity index (χ1n) is 9.33. The molecule has 4 nitrogen and oxygen atoms in total. The van der Waals surface area contributed by atoms with E-state index in [1.807, 2.05) is 36.4 Å². The van der Waals surface area contributed by atoms with E-state index in [4.69, 9.17) is 4.74 Å². The van der Waals surface area contributed by atoms with Gasteiger partial charge in [-0.05, 0) is 30.4 Å². The van der Waals surface area contributed by atoms with Crippen molar-refractivity contribution < 1.29 is 19.7 Å². The van der Waals surface area contributed by atoms with Crippen molar-refractivity contribution in [3.63, 3.8) is 0 Å². The number of para-hydroxylation sites is 1. The number of carboxylic acids is 1. The van der Waals surface area contributed by atoms with E-state index in [0.29, 0.717) is 17.9 Å². The Hall–Kier alpha value is -2.33. The normalized spacial score (nSPS) is 17.4. The summed E-state index contributed by atoms with van der Waals surface area (Å²) in [6, 6.07) is 16.9. The van der Waals surface area contributed by atoms with Gasteiger partial charge in [-0.2, -0.15) is 0 Å². The third kappa shape index (κ3) is 4.44. The summed E-state index contributed by atoms with van der Waals surface area (Å²) >= 11 is 0. The molecular weight excluding hydrogens is 328 g/mol. The summed E-state index contributed by atoms with van der Waals surface area (Å²) in [4.78, 5) is 12.0. The van der Waals surface area contributed by atoms with Crippen LogP contribution in [0, 0.1) is 5.92 Å². The molecule has 0 saturated heterocycles. The Bertz CT molecular complexity index is 707. The van der Waals surface area contributed by atoms with Gasteiger partial charge in [-0.3, -0.25) is 4.79 Å². The molecule has 4 heteroatoms. The van der Waals surface area contributed by atoms with Gasteiger partial charge in [-0.1, -0.05) is 67.8 Å². The summed E-state index contributed by atoms with van der Waals surface area (Å²) < 4.78 is 5.92. The van der Waals surface area contributed by atoms with Crippen molar-refractivity contribution in [2.24, 2.45) is 5.92 Å². The Kier molecular flexibility index (Phi) is 6.29. The molecule has 0 heterocycles. The van der Waals surface area contributed by atoms with E-state index in [1.165, 1.54) is 0 Å². The standard InChI is InChI=1S/C22H26O4/c23-21(17-11-5-2-6-12-17)20(22(24)25)18-13-7-8-14-19(18)26-15-16-9-3-1-4-10-16/h1,3-4,7-10,13-14,17,20-21,23H,2,5-6,11-12,15H2,(H,24,25)/t20-,21-/m0/s1. The van der Waals surface area contributed by atoms with Crippen LogP contribution in [0.25, 0.3) is 0 Å². The average Bonchev–Trinajstić information content (AvgIpc) is 2.68. The minimum atomic E-state index is -1.00. The first kappa shape index (κ1) is 18.5. The highest BCUT2D eigenvalue weighted by atomic mass is 16.5. The van der Waals surface area contributed by atoms with Crippen LogP contribution in [0.5, 0.6) is 5.75 Å². The maximum Gasteiger partial charge on any atom is 0.313 e. The lowest BCUT2D eigenvalue weighted by Gasteiger charge is -2.31. The molecule has 3 rings (SSSR count). The highest BCUT2D eigenvalue weighted by Crippen LogP contribution is 2.37. The summed E-state index contributed by atoms with van der Waals surface area (Å²) in [6.45, 7) is 0.365. The van der Waals surface area contributed by atoms with Crippen LogP contribution < -0.4 is 4.74 Å². The van der Waals surface area contributed by atoms with Crippen LogP contribution in [0.4, 0.5) is 0 Å². The van der Waals surface area contributed by atoms with Crippen LogP contribution in [-0.4, -0.2) is 22.3 Å². The van der Waals surface area contributed by atoms with Gasteiger partial charge >= 0.3 is 5.97 Å². The van der Waals surface area contributed by atoms with E-state index in [-0.39, 0.29) is 5.92 Å². The zero-order chi connectivity index (χ0) is 18.4. The number of benzene rings is 2. The fraction of sp³-hybridized carbons (Fsp3) is 0.409. The van der Waals surface area contributed by atoms with Gasteiger partial charge in [-0.25, -0.2) is 0 Å². The highest BCUT2D eigenvalue weighted by molar-refractivity contribution is 5.78. The Labute approximate surface area is 154 Å². The van der Waals surface area contributed by atoms with Crippen molar-refractivity contribution >= 4 is 5.97 Å². The van der Waals surface area contributed by atoms with Gasteiger partial charge in [-0.15, -0.1) is 0 Å². The summed E-state index contributed by atoms with van der Waals surface area (Å²) in [5.41, 5.74) is 1.57. The van der Waals surface area contributed by atoms with Gasteiger partial charge in [0.2, 0.25) is 0 Å². The molecule has 0 aliphatic heterocycles. The predicted molar refractivity (Wildman–Crippen MR) is 100 cm³/mol. The molecule has 1 saturated carbocycles. The molecule has 0 spiro atoms. The summed E-state index contributed by atoms with van der Waals surface area (Å²) in [7, 11) is 0. The molecule has 2 aromatic carbocycles. The molecule has 0 aromatic heterocycles. The minimum absolute atomic E-state index is 0.0343. The summed E-state index contributed by atoms with van der Waals surface area (Å²) in [5, 5.41) is 20.7. The first-order valence-corrected chi connectivity index (χ1v) is 9.33. The fourth-order valence-electron chi connectivity index (χ4n) is 3.82. The zero-order valence-electron chi connectivity index (χ0n) is 14.9. The average molecular weight is 354 g/mol. The lowest BCUT2D eigenvalue weighted by molar-refractivity contribution is -0.143. The SMILES string of the molecule is O=C(O)[C@@H](c1ccccc1OCc1ccccc1)[C@@H](O)C1CCCCC1. The molecule has 0 unspecified atom stereocenters. The number of hydrogen-bond acceptors (Lipinski definition) is 3. The molecule has 1 fully saturated rings. The van der Waals surface area contributed by atoms with Crippen molar-refractivity contribution in [1.29, 1.82) is 0 Å². The van der Waals surface area contributed by atoms with Gasteiger partial charge in [0.25, 0.3) is 0 Å². The third-order valence-electron chi connectivity index (χ3n) is 5.23. The molecule has 1 aliphatic rings. The van der Waals surface area contributed by atoms with Crippen LogP contribution in [0.1, 0.15) is 49.1 Å². The van der Waals surface area contributed by atoms with E-state index in [2.05, 4.69) is 0 Å². The summed E-state index contributed by atoms with van der Waals surface area (Å²) in [5.74, 6) is -1.41. The largest absolute Gasteiger partial charge is 0.489 e. The number of ether oxygens (including phenoxy) is 1. The predicted octanol–water partition coefficient (Wildman–Crippen LogP) is 4.38. The van der Waals surface area contributed by atoms with Crippen LogP contribution in [-0.2, 0) is 11.4 Å². The maximum atomic E-state index is 12.0. The van der Waals surface area contributed by atoms with Gasteiger partial charge in [0, 0.05) is 5.56 Å². The van der Waals surface area contributed by atoms with Gasteiger partial charge < -0.3 is 14.9 Å². The smallest absolute Gasteiger partial charge is 0.313 e. The van der Waals surface area contributed by atoms with E-state index in [1.54, 1.807) is 18.2 Å². The van der Waals surface area contributed by atoms with E-state index < -0.39 is 18.0 Å². The maximum absolute atomic E-state index is 12.0. The van der Waals surface area contributed by atoms with Crippen molar-refractivity contribution in [1.82, 2.24) is 0 Å². The highest BCUT2D eigenvalue weighted by Gasteiger charge is 2.36. The fourth-order valence-corrected chi connectivity index (χ4v) is 3.82. The molecule has 0 amide bonds. The van der Waals surface area contributed by atoms with E-state index in [0.717, 1.165) is 37.7 Å². The Morgan fingerprint density at radius 2 is 1.65 bits per heavy atom. The number of aliphatic hydroxyl groups is 1. The molecule has 2 N–H and O–H groups in total. The lowest BCUT2D eigenvalue weighted by Crippen LogP contribution is -2.34. The van der Waals surface area contributed by atoms with Crippen molar-refractivity contribution in [2.45, 2.75) is 50.7 Å². The zero-order valence-corrected chi connectivity index (χ0v) is 14.9. The Morgan fingerprint density at radius 3 is 2.35 bits per heavy atom. The number of aliphatic hydroxyl groups excluding tert-OH is 1. The monoisotopic (exact) mass is 354 g/mol. The van der Waals surface area contributed by atoms with Crippen molar-refractivity contribution in [3.05, 3.63) is 65.7 Å². The van der Waals surface area contributed by atoms with Crippen LogP contribution >= 0.6 is 0 Å². The quantitative estimate of drug-likeness (QED) is 0.774. The van der Waals surface area contributed by atoms with Gasteiger partial charge in [0.15, 0.2) is 0 Å². The lowest BCUT2D eigenvalue weighted by atomic mass is 9.78. The Balaban J connectivity index is 1.81. The third-order valence-corrected chi connectivity index (χ3v) is 5.23. The van der Waals surface area contributed by atoms with Gasteiger partial charge in [0.05, 0.1) is 6.10 Å². The number of carbonyl (C=O) groups is 1. The Morgan fingerprint density at radius 1 is 1.00 bits per heavy atom. The van der Waals surface area contributed by atoms with Crippen LogP contribution in [0.2, 0.25) is 0 Å². The molecule has 26 heavy (non-hydrogen) atoms. The molecule has 138 valence electrons. The molecule has 2 aromatic rings. The second kappa shape index (κ2) is 8.86. The van der Waals surface area contributed by atoms with Crippen LogP contribution in [0.3, 0.4) is 0 Å². The molecular formula is C22H26O4. The number of carboxylic acid groups (broad SMARTS) is 1. The topological polar surface area (TPSA) is 66.8 Å². The molecule has 2 atom stereocenters. The summed E-state index contributed by atoms with van der Waals surface area (Å²) in [6.07, 6.45) is 4.16. The van der Waals surface area contributed by atoms with E-state index in [9.17, 15) is 15.0 Å². The number of hydrogen-bond donors (Lipinski definition) is 2. The van der Waals surface area contributed by atoms with Gasteiger partial charge in [0.1, 0.15) is 18.3 Å². The minimum Gasteiger partial charge on any atom is -0.489 e. The first-order chi connectivity index (χ1) is 12.7. The molecule has 0 radical (unpaired) electrons. The second-order valence-electron chi connectivity index (χ2n) is 7.02. The molecule has 0 bridgehead atoms. The number of rotatable bonds is 7. The second-order valence-corrected chi connectivity index (χ2v) is 7.02. The van der Waals surface area contributed by atoms with E-state index >= 15 is 0 Å². The molecule has 1 aliphatic carbocycles. The van der Waals surface area contributed by atoms with Crippen molar-refractivity contribution in [2.75, 3.05) is 0 Å². The van der Waals surface area contributed by atoms with Crippen LogP contribution in [0.15, 0.2) is 54.6 Å². The number of aliphatic carboxylic acids is 1.